The number of halogens is 2. The van der Waals surface area contributed by atoms with Gasteiger partial charge in [-0.1, -0.05) is 12.1 Å². The molecule has 3 rings (SSSR count). The van der Waals surface area contributed by atoms with Crippen LogP contribution in [-0.4, -0.2) is 5.11 Å². The van der Waals surface area contributed by atoms with Gasteiger partial charge in [0.25, 0.3) is 0 Å². The van der Waals surface area contributed by atoms with Crippen LogP contribution < -0.4 is 0 Å². The summed E-state index contributed by atoms with van der Waals surface area (Å²) in [6.07, 6.45) is -0.547. The molecular formula is C17H14F2O2. The van der Waals surface area contributed by atoms with Gasteiger partial charge in [-0.25, -0.2) is 8.78 Å². The molecule has 0 aliphatic rings. The van der Waals surface area contributed by atoms with E-state index < -0.39 is 6.10 Å². The van der Waals surface area contributed by atoms with Crippen LogP contribution in [0.5, 0.6) is 0 Å². The number of furan rings is 1. The van der Waals surface area contributed by atoms with Crippen molar-refractivity contribution in [1.82, 2.24) is 0 Å². The Morgan fingerprint density at radius 3 is 2.43 bits per heavy atom. The van der Waals surface area contributed by atoms with Crippen LogP contribution in [0.4, 0.5) is 8.78 Å². The lowest BCUT2D eigenvalue weighted by molar-refractivity contribution is 0.151. The van der Waals surface area contributed by atoms with Crippen molar-refractivity contribution in [3.8, 4) is 0 Å². The molecule has 4 heteroatoms. The largest absolute Gasteiger partial charge is 0.458 e. The van der Waals surface area contributed by atoms with E-state index in [1.807, 2.05) is 0 Å². The number of aliphatic hydroxyl groups is 1. The lowest BCUT2D eigenvalue weighted by Crippen LogP contribution is -2.02. The molecule has 0 saturated heterocycles. The molecule has 0 radical (unpaired) electrons. The fourth-order valence-electron chi connectivity index (χ4n) is 2.47. The molecule has 2 nitrogen and oxygen atoms in total. The Hall–Kier alpha value is -2.20. The number of benzene rings is 2. The summed E-state index contributed by atoms with van der Waals surface area (Å²) in [5, 5.41) is 11.0. The normalized spacial score (nSPS) is 12.8. The molecule has 1 heterocycles. The first-order valence-corrected chi connectivity index (χ1v) is 6.65. The minimum absolute atomic E-state index is 0.309. The SMILES string of the molecule is Cc1c(C(O)Cc2ccc(F)cc2)oc2ccc(F)cc12. The standard InChI is InChI=1S/C17H14F2O2/c1-10-14-9-13(19)6-7-16(14)21-17(10)15(20)8-11-2-4-12(18)5-3-11/h2-7,9,15,20H,8H2,1H3. The monoisotopic (exact) mass is 288 g/mol. The first kappa shape index (κ1) is 13.8. The second-order valence-electron chi connectivity index (χ2n) is 5.08. The molecule has 1 atom stereocenters. The van der Waals surface area contributed by atoms with E-state index in [4.69, 9.17) is 4.42 Å². The molecule has 21 heavy (non-hydrogen) atoms. The number of hydrogen-bond acceptors (Lipinski definition) is 2. The van der Waals surface area contributed by atoms with Crippen molar-refractivity contribution in [3.05, 3.63) is 71.0 Å². The van der Waals surface area contributed by atoms with Crippen LogP contribution in [0.25, 0.3) is 11.0 Å². The Morgan fingerprint density at radius 2 is 1.71 bits per heavy atom. The van der Waals surface area contributed by atoms with E-state index in [1.54, 1.807) is 25.1 Å². The number of aryl methyl sites for hydroxylation is 1. The Kier molecular flexibility index (Phi) is 3.47. The van der Waals surface area contributed by atoms with Gasteiger partial charge in [-0.15, -0.1) is 0 Å². The van der Waals surface area contributed by atoms with Crippen LogP contribution in [0.2, 0.25) is 0 Å². The number of fused-ring (bicyclic) bond motifs is 1. The number of aliphatic hydroxyl groups excluding tert-OH is 1. The number of rotatable bonds is 3. The summed E-state index contributed by atoms with van der Waals surface area (Å²) >= 11 is 0. The third-order valence-electron chi connectivity index (χ3n) is 3.58. The molecule has 2 aromatic carbocycles. The Morgan fingerprint density at radius 1 is 1.05 bits per heavy atom. The smallest absolute Gasteiger partial charge is 0.137 e. The third-order valence-corrected chi connectivity index (χ3v) is 3.58. The van der Waals surface area contributed by atoms with Crippen LogP contribution in [0.3, 0.4) is 0 Å². The van der Waals surface area contributed by atoms with Crippen molar-refractivity contribution in [2.45, 2.75) is 19.4 Å². The predicted molar refractivity (Wildman–Crippen MR) is 76.0 cm³/mol. The highest BCUT2D eigenvalue weighted by atomic mass is 19.1. The summed E-state index contributed by atoms with van der Waals surface area (Å²) in [6, 6.07) is 10.2. The summed E-state index contributed by atoms with van der Waals surface area (Å²) in [5.41, 5.74) is 2.07. The van der Waals surface area contributed by atoms with E-state index in [0.717, 1.165) is 11.1 Å². The Labute approximate surface area is 120 Å². The molecule has 0 fully saturated rings. The van der Waals surface area contributed by atoms with Crippen molar-refractivity contribution >= 4 is 11.0 Å². The fourth-order valence-corrected chi connectivity index (χ4v) is 2.47. The maximum absolute atomic E-state index is 13.3. The average Bonchev–Trinajstić information content (AvgIpc) is 2.79. The average molecular weight is 288 g/mol. The summed E-state index contributed by atoms with van der Waals surface area (Å²) in [6.45, 7) is 1.79. The van der Waals surface area contributed by atoms with Crippen molar-refractivity contribution < 1.29 is 18.3 Å². The van der Waals surface area contributed by atoms with Gasteiger partial charge in [-0.3, -0.25) is 0 Å². The van der Waals surface area contributed by atoms with Crippen molar-refractivity contribution in [1.29, 1.82) is 0 Å². The second-order valence-corrected chi connectivity index (χ2v) is 5.08. The zero-order chi connectivity index (χ0) is 15.0. The second kappa shape index (κ2) is 5.30. The van der Waals surface area contributed by atoms with Gasteiger partial charge in [0.05, 0.1) is 0 Å². The molecule has 1 N–H and O–H groups in total. The van der Waals surface area contributed by atoms with E-state index in [-0.39, 0.29) is 11.6 Å². The van der Waals surface area contributed by atoms with Crippen LogP contribution in [-0.2, 0) is 6.42 Å². The lowest BCUT2D eigenvalue weighted by Gasteiger charge is -2.09. The highest BCUT2D eigenvalue weighted by molar-refractivity contribution is 5.82. The first-order chi connectivity index (χ1) is 10.0. The van der Waals surface area contributed by atoms with E-state index in [2.05, 4.69) is 0 Å². The molecule has 0 bridgehead atoms. The summed E-state index contributed by atoms with van der Waals surface area (Å²) < 4.78 is 31.8. The van der Waals surface area contributed by atoms with Crippen molar-refractivity contribution in [3.63, 3.8) is 0 Å². The van der Waals surface area contributed by atoms with E-state index in [1.165, 1.54) is 24.3 Å². The molecule has 108 valence electrons. The molecule has 1 aromatic heterocycles. The Balaban J connectivity index is 1.92. The minimum atomic E-state index is -0.856. The molecule has 0 amide bonds. The highest BCUT2D eigenvalue weighted by Gasteiger charge is 2.19. The molecule has 0 aliphatic carbocycles. The molecular weight excluding hydrogens is 274 g/mol. The van der Waals surface area contributed by atoms with Crippen molar-refractivity contribution in [2.75, 3.05) is 0 Å². The summed E-state index contributed by atoms with van der Waals surface area (Å²) in [4.78, 5) is 0. The highest BCUT2D eigenvalue weighted by Crippen LogP contribution is 2.31. The van der Waals surface area contributed by atoms with Gasteiger partial charge in [0.1, 0.15) is 29.1 Å². The third kappa shape index (κ3) is 2.67. The zero-order valence-corrected chi connectivity index (χ0v) is 11.4. The van der Waals surface area contributed by atoms with Gasteiger partial charge >= 0.3 is 0 Å². The lowest BCUT2D eigenvalue weighted by atomic mass is 10.0. The van der Waals surface area contributed by atoms with Gasteiger partial charge in [0, 0.05) is 17.4 Å². The zero-order valence-electron chi connectivity index (χ0n) is 11.4. The maximum Gasteiger partial charge on any atom is 0.137 e. The predicted octanol–water partition coefficient (Wildman–Crippen LogP) is 4.30. The summed E-state index contributed by atoms with van der Waals surface area (Å²) in [7, 11) is 0. The first-order valence-electron chi connectivity index (χ1n) is 6.65. The van der Waals surface area contributed by atoms with Gasteiger partial charge in [0.2, 0.25) is 0 Å². The van der Waals surface area contributed by atoms with Crippen LogP contribution in [0, 0.1) is 18.6 Å². The molecule has 0 saturated carbocycles. The van der Waals surface area contributed by atoms with E-state index >= 15 is 0 Å². The van der Waals surface area contributed by atoms with Gasteiger partial charge < -0.3 is 9.52 Å². The number of hydrogen-bond donors (Lipinski definition) is 1. The molecule has 0 spiro atoms. The Bertz CT molecular complexity index is 775. The van der Waals surface area contributed by atoms with Crippen LogP contribution in [0.1, 0.15) is 23.0 Å². The van der Waals surface area contributed by atoms with Crippen LogP contribution in [0.15, 0.2) is 46.9 Å². The molecule has 1 unspecified atom stereocenters. The van der Waals surface area contributed by atoms with E-state index in [9.17, 15) is 13.9 Å². The van der Waals surface area contributed by atoms with E-state index in [0.29, 0.717) is 23.2 Å². The maximum atomic E-state index is 13.3. The van der Waals surface area contributed by atoms with Gasteiger partial charge in [-0.2, -0.15) is 0 Å². The minimum Gasteiger partial charge on any atom is -0.458 e. The molecule has 3 aromatic rings. The summed E-state index contributed by atoms with van der Waals surface area (Å²) in [5.74, 6) is -0.241. The fraction of sp³-hybridized carbons (Fsp3) is 0.176. The van der Waals surface area contributed by atoms with Crippen molar-refractivity contribution in [2.24, 2.45) is 0 Å². The van der Waals surface area contributed by atoms with Crippen LogP contribution >= 0.6 is 0 Å². The molecule has 0 aliphatic heterocycles. The quantitative estimate of drug-likeness (QED) is 0.779. The van der Waals surface area contributed by atoms with Gasteiger partial charge in [-0.05, 0) is 42.8 Å². The van der Waals surface area contributed by atoms with Gasteiger partial charge in [0.15, 0.2) is 0 Å². The topological polar surface area (TPSA) is 33.4 Å².